The lowest BCUT2D eigenvalue weighted by molar-refractivity contribution is 0.581. The van der Waals surface area contributed by atoms with Gasteiger partial charge in [0, 0.05) is 23.9 Å². The third-order valence-corrected chi connectivity index (χ3v) is 6.86. The number of hydrogen-bond donors (Lipinski definition) is 1. The Kier molecular flexibility index (Phi) is 5.15. The highest BCUT2D eigenvalue weighted by Crippen LogP contribution is 2.22. The summed E-state index contributed by atoms with van der Waals surface area (Å²) in [5.74, 6) is 0.0640. The predicted octanol–water partition coefficient (Wildman–Crippen LogP) is 3.77. The van der Waals surface area contributed by atoms with Gasteiger partial charge in [-0.1, -0.05) is 35.9 Å². The smallest absolute Gasteiger partial charge is 0.211 e. The molecule has 144 valence electrons. The highest BCUT2D eigenvalue weighted by atomic mass is 35.5. The lowest BCUT2D eigenvalue weighted by Crippen LogP contribution is -2.26. The molecule has 0 spiro atoms. The van der Waals surface area contributed by atoms with E-state index in [1.807, 2.05) is 5.38 Å². The number of halogens is 2. The molecular formula is C18H14ClFN4O2S2. The number of sulfonamides is 1. The van der Waals surface area contributed by atoms with Crippen molar-refractivity contribution in [2.24, 2.45) is 0 Å². The fourth-order valence-electron chi connectivity index (χ4n) is 2.70. The van der Waals surface area contributed by atoms with Crippen molar-refractivity contribution in [2.75, 3.05) is 6.54 Å². The van der Waals surface area contributed by atoms with Crippen LogP contribution in [0.25, 0.3) is 16.3 Å². The van der Waals surface area contributed by atoms with E-state index in [0.29, 0.717) is 22.8 Å². The maximum Gasteiger partial charge on any atom is 0.242 e. The molecule has 4 aromatic rings. The van der Waals surface area contributed by atoms with Crippen LogP contribution in [0.5, 0.6) is 0 Å². The minimum Gasteiger partial charge on any atom is -0.211 e. The Morgan fingerprint density at radius 1 is 1.18 bits per heavy atom. The summed E-state index contributed by atoms with van der Waals surface area (Å²) < 4.78 is 42.4. The van der Waals surface area contributed by atoms with E-state index >= 15 is 0 Å². The van der Waals surface area contributed by atoms with Gasteiger partial charge in [-0.25, -0.2) is 22.0 Å². The third kappa shape index (κ3) is 3.79. The minimum absolute atomic E-state index is 0.0429. The molecule has 2 heterocycles. The first-order chi connectivity index (χ1) is 13.4. The van der Waals surface area contributed by atoms with Crippen LogP contribution >= 0.6 is 22.9 Å². The monoisotopic (exact) mass is 436 g/mol. The maximum atomic E-state index is 13.4. The predicted molar refractivity (Wildman–Crippen MR) is 107 cm³/mol. The first kappa shape index (κ1) is 19.0. The van der Waals surface area contributed by atoms with Crippen molar-refractivity contribution in [1.29, 1.82) is 0 Å². The topological polar surface area (TPSA) is 76.4 Å². The summed E-state index contributed by atoms with van der Waals surface area (Å²) in [6.45, 7) is 0.175. The number of rotatable bonds is 6. The van der Waals surface area contributed by atoms with E-state index in [-0.39, 0.29) is 22.3 Å². The van der Waals surface area contributed by atoms with E-state index in [2.05, 4.69) is 14.8 Å². The van der Waals surface area contributed by atoms with E-state index in [1.54, 1.807) is 28.8 Å². The quantitative estimate of drug-likeness (QED) is 0.499. The number of nitrogens with one attached hydrogen (secondary N) is 1. The van der Waals surface area contributed by atoms with Crippen molar-refractivity contribution in [1.82, 2.24) is 19.3 Å². The number of thiazole rings is 1. The SMILES string of the molecule is O=S(=O)(NCCc1csc2nc(-c3cccc(F)c3)nn12)c1ccccc1Cl. The standard InChI is InChI=1S/C18H14ClFN4O2S2/c19-15-6-1-2-7-16(15)28(25,26)21-9-8-14-11-27-18-22-17(23-24(14)18)12-4-3-5-13(20)10-12/h1-7,10-11,21H,8-9H2. The number of aromatic nitrogens is 3. The van der Waals surface area contributed by atoms with Gasteiger partial charge in [0.15, 0.2) is 5.82 Å². The minimum atomic E-state index is -3.71. The van der Waals surface area contributed by atoms with Gasteiger partial charge in [-0.3, -0.25) is 0 Å². The molecule has 1 N–H and O–H groups in total. The van der Waals surface area contributed by atoms with Crippen molar-refractivity contribution in [3.63, 3.8) is 0 Å². The van der Waals surface area contributed by atoms with Gasteiger partial charge in [-0.2, -0.15) is 4.98 Å². The van der Waals surface area contributed by atoms with Gasteiger partial charge in [-0.15, -0.1) is 16.4 Å². The highest BCUT2D eigenvalue weighted by molar-refractivity contribution is 7.89. The van der Waals surface area contributed by atoms with Crippen LogP contribution in [0.1, 0.15) is 5.69 Å². The zero-order chi connectivity index (χ0) is 19.7. The van der Waals surface area contributed by atoms with E-state index in [9.17, 15) is 12.8 Å². The lowest BCUT2D eigenvalue weighted by Gasteiger charge is -2.07. The van der Waals surface area contributed by atoms with E-state index in [1.165, 1.54) is 35.6 Å². The Hall–Kier alpha value is -2.33. The van der Waals surface area contributed by atoms with Gasteiger partial charge in [0.05, 0.1) is 10.7 Å². The van der Waals surface area contributed by atoms with Crippen LogP contribution in [0.3, 0.4) is 0 Å². The fraction of sp³-hybridized carbons (Fsp3) is 0.111. The van der Waals surface area contributed by atoms with Crippen LogP contribution in [-0.4, -0.2) is 29.6 Å². The Labute approximate surface area is 169 Å². The molecule has 2 aromatic heterocycles. The molecule has 0 bridgehead atoms. The lowest BCUT2D eigenvalue weighted by atomic mass is 10.2. The molecule has 0 aliphatic heterocycles. The largest absolute Gasteiger partial charge is 0.242 e. The van der Waals surface area contributed by atoms with E-state index < -0.39 is 10.0 Å². The zero-order valence-electron chi connectivity index (χ0n) is 14.3. The molecular weight excluding hydrogens is 423 g/mol. The molecule has 28 heavy (non-hydrogen) atoms. The van der Waals surface area contributed by atoms with Crippen LogP contribution in [0.4, 0.5) is 4.39 Å². The second-order valence-corrected chi connectivity index (χ2v) is 8.92. The highest BCUT2D eigenvalue weighted by Gasteiger charge is 2.17. The molecule has 10 heteroatoms. The van der Waals surface area contributed by atoms with Crippen LogP contribution < -0.4 is 4.72 Å². The number of benzene rings is 2. The van der Waals surface area contributed by atoms with E-state index in [0.717, 1.165) is 5.69 Å². The summed E-state index contributed by atoms with van der Waals surface area (Å²) in [6, 6.07) is 12.3. The first-order valence-corrected chi connectivity index (χ1v) is 11.0. The summed E-state index contributed by atoms with van der Waals surface area (Å²) in [4.78, 5) is 5.11. The van der Waals surface area contributed by atoms with Crippen LogP contribution in [-0.2, 0) is 16.4 Å². The molecule has 0 aliphatic carbocycles. The van der Waals surface area contributed by atoms with Crippen molar-refractivity contribution in [3.8, 4) is 11.4 Å². The van der Waals surface area contributed by atoms with Crippen molar-refractivity contribution >= 4 is 37.9 Å². The Morgan fingerprint density at radius 3 is 2.79 bits per heavy atom. The number of nitrogens with zero attached hydrogens (tertiary/aromatic N) is 3. The molecule has 4 rings (SSSR count). The summed E-state index contributed by atoms with van der Waals surface area (Å²) in [5.41, 5.74) is 1.39. The molecule has 0 radical (unpaired) electrons. The van der Waals surface area contributed by atoms with Crippen LogP contribution in [0.2, 0.25) is 5.02 Å². The molecule has 0 aliphatic rings. The average molecular weight is 437 g/mol. The Bertz CT molecular complexity index is 1250. The molecule has 2 aromatic carbocycles. The second kappa shape index (κ2) is 7.59. The van der Waals surface area contributed by atoms with Crippen molar-refractivity contribution in [2.45, 2.75) is 11.3 Å². The summed E-state index contributed by atoms with van der Waals surface area (Å²) in [5, 5.41) is 6.46. The van der Waals surface area contributed by atoms with Gasteiger partial charge in [0.1, 0.15) is 10.7 Å². The molecule has 0 atom stereocenters. The second-order valence-electron chi connectivity index (χ2n) is 5.95. The number of fused-ring (bicyclic) bond motifs is 1. The maximum absolute atomic E-state index is 13.4. The third-order valence-electron chi connectivity index (χ3n) is 4.03. The summed E-state index contributed by atoms with van der Waals surface area (Å²) in [6.07, 6.45) is 0.412. The van der Waals surface area contributed by atoms with Crippen molar-refractivity contribution in [3.05, 3.63) is 70.4 Å². The van der Waals surface area contributed by atoms with Gasteiger partial charge < -0.3 is 0 Å². The average Bonchev–Trinajstić information content (AvgIpc) is 3.24. The van der Waals surface area contributed by atoms with Crippen LogP contribution in [0, 0.1) is 5.82 Å². The Balaban J connectivity index is 1.51. The molecule has 0 saturated carbocycles. The van der Waals surface area contributed by atoms with Gasteiger partial charge in [0.2, 0.25) is 15.0 Å². The molecule has 0 saturated heterocycles. The van der Waals surface area contributed by atoms with E-state index in [4.69, 9.17) is 11.6 Å². The summed E-state index contributed by atoms with van der Waals surface area (Å²) in [7, 11) is -3.71. The van der Waals surface area contributed by atoms with Gasteiger partial charge >= 0.3 is 0 Å². The zero-order valence-corrected chi connectivity index (χ0v) is 16.7. The van der Waals surface area contributed by atoms with Crippen molar-refractivity contribution < 1.29 is 12.8 Å². The number of hydrogen-bond acceptors (Lipinski definition) is 5. The first-order valence-electron chi connectivity index (χ1n) is 8.27. The normalized spacial score (nSPS) is 11.9. The molecule has 0 amide bonds. The summed E-state index contributed by atoms with van der Waals surface area (Å²) >= 11 is 7.36. The van der Waals surface area contributed by atoms with Gasteiger partial charge in [-0.05, 0) is 24.3 Å². The molecule has 0 unspecified atom stereocenters. The molecule has 0 fully saturated rings. The van der Waals surface area contributed by atoms with Gasteiger partial charge in [0.25, 0.3) is 0 Å². The Morgan fingerprint density at radius 2 is 2.00 bits per heavy atom. The molecule has 6 nitrogen and oxygen atoms in total. The van der Waals surface area contributed by atoms with Crippen LogP contribution in [0.15, 0.2) is 58.8 Å². The fourth-order valence-corrected chi connectivity index (χ4v) is 5.11.